The summed E-state index contributed by atoms with van der Waals surface area (Å²) in [6.07, 6.45) is 1.09. The van der Waals surface area contributed by atoms with E-state index in [0.717, 1.165) is 22.7 Å². The second-order valence-electron chi connectivity index (χ2n) is 4.97. The number of nitrogens with zero attached hydrogens (tertiary/aromatic N) is 1. The maximum atomic E-state index is 12.1. The first-order valence-electron chi connectivity index (χ1n) is 7.16. The number of rotatable bonds is 7. The van der Waals surface area contributed by atoms with Crippen LogP contribution in [0.4, 0.5) is 5.69 Å². The molecule has 1 amide bonds. The number of ether oxygens (including phenoxy) is 1. The van der Waals surface area contributed by atoms with Gasteiger partial charge in [0.25, 0.3) is 0 Å². The minimum atomic E-state index is -1.03. The van der Waals surface area contributed by atoms with Gasteiger partial charge in [-0.3, -0.25) is 4.79 Å². The molecular formula is C16H18N2O4S. The predicted molar refractivity (Wildman–Crippen MR) is 88.1 cm³/mol. The Morgan fingerprint density at radius 2 is 2.17 bits per heavy atom. The van der Waals surface area contributed by atoms with Crippen molar-refractivity contribution in [3.63, 3.8) is 0 Å². The summed E-state index contributed by atoms with van der Waals surface area (Å²) in [7, 11) is 0. The van der Waals surface area contributed by atoms with Gasteiger partial charge in [0, 0.05) is 11.1 Å². The van der Waals surface area contributed by atoms with E-state index in [2.05, 4.69) is 10.3 Å². The Bertz CT molecular complexity index is 712. The molecule has 1 aromatic carbocycles. The Kier molecular flexibility index (Phi) is 5.70. The van der Waals surface area contributed by atoms with Crippen molar-refractivity contribution in [2.45, 2.75) is 26.7 Å². The van der Waals surface area contributed by atoms with Gasteiger partial charge in [-0.25, -0.2) is 9.78 Å². The van der Waals surface area contributed by atoms with Gasteiger partial charge in [-0.15, -0.1) is 11.3 Å². The summed E-state index contributed by atoms with van der Waals surface area (Å²) in [6, 6.07) is 5.02. The highest BCUT2D eigenvalue weighted by atomic mass is 32.1. The third kappa shape index (κ3) is 5.07. The van der Waals surface area contributed by atoms with Gasteiger partial charge < -0.3 is 15.2 Å². The Labute approximate surface area is 138 Å². The molecule has 2 aromatic rings. The second kappa shape index (κ2) is 7.73. The molecule has 7 heteroatoms. The van der Waals surface area contributed by atoms with E-state index >= 15 is 0 Å². The van der Waals surface area contributed by atoms with Crippen molar-refractivity contribution in [2.24, 2.45) is 0 Å². The molecule has 0 unspecified atom stereocenters. The van der Waals surface area contributed by atoms with E-state index in [9.17, 15) is 9.59 Å². The normalized spacial score (nSPS) is 10.3. The lowest BCUT2D eigenvalue weighted by Gasteiger charge is -2.10. The third-order valence-corrected chi connectivity index (χ3v) is 4.12. The van der Waals surface area contributed by atoms with Gasteiger partial charge in [-0.1, -0.05) is 6.92 Å². The molecule has 6 nitrogen and oxygen atoms in total. The number of carbonyl (C=O) groups is 2. The zero-order chi connectivity index (χ0) is 16.8. The van der Waals surface area contributed by atoms with Crippen LogP contribution in [0, 0.1) is 6.92 Å². The second-order valence-corrected chi connectivity index (χ2v) is 5.91. The Morgan fingerprint density at radius 1 is 1.39 bits per heavy atom. The molecular weight excluding hydrogens is 316 g/mol. The highest BCUT2D eigenvalue weighted by Gasteiger charge is 2.10. The van der Waals surface area contributed by atoms with Gasteiger partial charge in [-0.2, -0.15) is 0 Å². The van der Waals surface area contributed by atoms with Crippen LogP contribution in [-0.2, 0) is 22.4 Å². The molecule has 122 valence electrons. The molecule has 0 aliphatic rings. The quantitative estimate of drug-likeness (QED) is 0.812. The van der Waals surface area contributed by atoms with Gasteiger partial charge >= 0.3 is 5.97 Å². The molecule has 0 atom stereocenters. The van der Waals surface area contributed by atoms with Crippen LogP contribution in [-0.4, -0.2) is 28.6 Å². The topological polar surface area (TPSA) is 88.5 Å². The smallest absolute Gasteiger partial charge is 0.341 e. The molecule has 0 spiro atoms. The summed E-state index contributed by atoms with van der Waals surface area (Å²) in [5, 5.41) is 14.3. The lowest BCUT2D eigenvalue weighted by atomic mass is 10.2. The van der Waals surface area contributed by atoms with E-state index in [1.807, 2.05) is 19.2 Å². The number of carboxylic acids is 1. The largest absolute Gasteiger partial charge is 0.482 e. The van der Waals surface area contributed by atoms with Crippen LogP contribution in [0.15, 0.2) is 23.6 Å². The lowest BCUT2D eigenvalue weighted by Crippen LogP contribution is -2.15. The summed E-state index contributed by atoms with van der Waals surface area (Å²) < 4.78 is 5.10. The van der Waals surface area contributed by atoms with E-state index < -0.39 is 12.6 Å². The summed E-state index contributed by atoms with van der Waals surface area (Å²) >= 11 is 1.56. The van der Waals surface area contributed by atoms with Crippen LogP contribution in [0.3, 0.4) is 0 Å². The fraction of sp³-hybridized carbons (Fsp3) is 0.312. The van der Waals surface area contributed by atoms with Gasteiger partial charge in [-0.05, 0) is 37.1 Å². The summed E-state index contributed by atoms with van der Waals surface area (Å²) in [5.41, 5.74) is 2.24. The molecule has 0 bridgehead atoms. The first-order valence-corrected chi connectivity index (χ1v) is 8.04. The van der Waals surface area contributed by atoms with Crippen LogP contribution >= 0.6 is 11.3 Å². The van der Waals surface area contributed by atoms with Crippen molar-refractivity contribution in [1.29, 1.82) is 0 Å². The number of aromatic nitrogens is 1. The van der Waals surface area contributed by atoms with E-state index in [1.54, 1.807) is 29.5 Å². The molecule has 0 radical (unpaired) electrons. The maximum Gasteiger partial charge on any atom is 0.341 e. The molecule has 0 saturated carbocycles. The zero-order valence-corrected chi connectivity index (χ0v) is 13.8. The van der Waals surface area contributed by atoms with Crippen LogP contribution in [0.2, 0.25) is 0 Å². The summed E-state index contributed by atoms with van der Waals surface area (Å²) in [6.45, 7) is 3.45. The predicted octanol–water partition coefficient (Wildman–Crippen LogP) is 2.66. The van der Waals surface area contributed by atoms with Crippen molar-refractivity contribution in [1.82, 2.24) is 4.98 Å². The number of amides is 1. The average Bonchev–Trinajstić information content (AvgIpc) is 2.95. The van der Waals surface area contributed by atoms with E-state index in [4.69, 9.17) is 9.84 Å². The van der Waals surface area contributed by atoms with E-state index in [0.29, 0.717) is 11.4 Å². The zero-order valence-electron chi connectivity index (χ0n) is 13.0. The van der Waals surface area contributed by atoms with Gasteiger partial charge in [0.1, 0.15) is 5.75 Å². The molecule has 2 rings (SSSR count). The van der Waals surface area contributed by atoms with Gasteiger partial charge in [0.2, 0.25) is 5.91 Å². The molecule has 0 fully saturated rings. The third-order valence-electron chi connectivity index (χ3n) is 3.08. The number of anilines is 1. The molecule has 0 aliphatic carbocycles. The summed E-state index contributed by atoms with van der Waals surface area (Å²) in [5.74, 6) is -0.718. The number of nitrogens with one attached hydrogen (secondary N) is 1. The number of carboxylic acid groups (broad SMARTS) is 1. The van der Waals surface area contributed by atoms with E-state index in [1.165, 1.54) is 0 Å². The fourth-order valence-electron chi connectivity index (χ4n) is 1.96. The van der Waals surface area contributed by atoms with Crippen LogP contribution in [0.25, 0.3) is 0 Å². The van der Waals surface area contributed by atoms with Crippen molar-refractivity contribution >= 4 is 28.9 Å². The molecule has 2 N–H and O–H groups in total. The van der Waals surface area contributed by atoms with Crippen molar-refractivity contribution in [3.05, 3.63) is 39.8 Å². The minimum Gasteiger partial charge on any atom is -0.482 e. The number of aryl methyl sites for hydroxylation is 2. The fourth-order valence-corrected chi connectivity index (χ4v) is 2.71. The molecule has 0 saturated heterocycles. The van der Waals surface area contributed by atoms with Crippen LogP contribution < -0.4 is 10.1 Å². The Hall–Kier alpha value is -2.41. The lowest BCUT2D eigenvalue weighted by molar-refractivity contribution is -0.139. The van der Waals surface area contributed by atoms with Crippen molar-refractivity contribution < 1.29 is 19.4 Å². The molecule has 23 heavy (non-hydrogen) atoms. The molecule has 1 heterocycles. The van der Waals surface area contributed by atoms with Crippen LogP contribution in [0.1, 0.15) is 23.2 Å². The minimum absolute atomic E-state index is 0.139. The molecule has 1 aromatic heterocycles. The van der Waals surface area contributed by atoms with Crippen LogP contribution in [0.5, 0.6) is 5.75 Å². The van der Waals surface area contributed by atoms with Gasteiger partial charge in [0.05, 0.1) is 17.1 Å². The van der Waals surface area contributed by atoms with Gasteiger partial charge in [0.15, 0.2) is 6.61 Å². The average molecular weight is 334 g/mol. The number of hydrogen-bond acceptors (Lipinski definition) is 5. The highest BCUT2D eigenvalue weighted by molar-refractivity contribution is 7.09. The Morgan fingerprint density at radius 3 is 2.78 bits per heavy atom. The number of aliphatic carboxylic acids is 1. The first kappa shape index (κ1) is 17.0. The van der Waals surface area contributed by atoms with Crippen molar-refractivity contribution in [2.75, 3.05) is 11.9 Å². The molecule has 0 aliphatic heterocycles. The number of hydrogen-bond donors (Lipinski definition) is 2. The summed E-state index contributed by atoms with van der Waals surface area (Å²) in [4.78, 5) is 26.9. The van der Waals surface area contributed by atoms with Crippen molar-refractivity contribution in [3.8, 4) is 5.75 Å². The maximum absolute atomic E-state index is 12.1. The SMILES string of the molecule is CCc1nc(CC(=O)Nc2ccc(OCC(=O)O)cc2C)cs1. The number of carbonyl (C=O) groups excluding carboxylic acids is 1. The monoisotopic (exact) mass is 334 g/mol. The highest BCUT2D eigenvalue weighted by Crippen LogP contribution is 2.21. The van der Waals surface area contributed by atoms with E-state index in [-0.39, 0.29) is 12.3 Å². The Balaban J connectivity index is 1.96. The first-order chi connectivity index (χ1) is 11.0. The number of benzene rings is 1. The number of thiazole rings is 1. The standard InChI is InChI=1S/C16H18N2O4S/c1-3-15-17-11(9-23-15)7-14(19)18-13-5-4-12(6-10(13)2)22-8-16(20)21/h4-6,9H,3,7-8H2,1-2H3,(H,18,19)(H,20,21).